The molecule has 0 N–H and O–H groups in total. The predicted octanol–water partition coefficient (Wildman–Crippen LogP) is 14.3. The van der Waals surface area contributed by atoms with E-state index in [1.807, 2.05) is 0 Å². The van der Waals surface area contributed by atoms with E-state index in [9.17, 15) is 14.9 Å². The molecule has 10 aromatic rings. The van der Waals surface area contributed by atoms with Crippen LogP contribution in [0.2, 0.25) is 0 Å². The van der Waals surface area contributed by atoms with Gasteiger partial charge in [-0.2, -0.15) is 23.7 Å². The molecule has 0 aliphatic heterocycles. The summed E-state index contributed by atoms with van der Waals surface area (Å²) < 4.78 is 129. The summed E-state index contributed by atoms with van der Waals surface area (Å²) in [7, 11) is 0. The monoisotopic (exact) mass is 844 g/mol. The van der Waals surface area contributed by atoms with Crippen molar-refractivity contribution in [3.63, 3.8) is 0 Å². The molecule has 0 unspecified atom stereocenters. The lowest BCUT2D eigenvalue weighted by Gasteiger charge is -2.23. The number of fused-ring (bicyclic) bond motifs is 6. The van der Waals surface area contributed by atoms with Crippen molar-refractivity contribution in [3.05, 3.63) is 191 Å². The van der Waals surface area contributed by atoms with Gasteiger partial charge in [-0.3, -0.25) is 0 Å². The smallest absolute Gasteiger partial charge is 0.309 e. The Labute approximate surface area is 351 Å². The summed E-state index contributed by atoms with van der Waals surface area (Å²) in [6, 6.07) is 42.2. The molecule has 0 spiro atoms. The lowest BCUT2D eigenvalue weighted by atomic mass is 9.97. The minimum atomic E-state index is -5.25. The van der Waals surface area contributed by atoms with Crippen LogP contribution in [-0.2, 0) is 6.18 Å². The minimum Gasteiger partial charge on any atom is -0.309 e. The van der Waals surface area contributed by atoms with Crippen molar-refractivity contribution < 1.29 is 35.1 Å². The number of nitriles is 2. The van der Waals surface area contributed by atoms with E-state index in [1.165, 1.54) is 9.13 Å². The molecule has 12 heteroatoms. The average molecular weight is 845 g/mol. The summed E-state index contributed by atoms with van der Waals surface area (Å²) in [5.41, 5.74) is -1.59. The number of nitrogens with zero attached hydrogens (tertiary/aromatic N) is 4. The highest BCUT2D eigenvalue weighted by molar-refractivity contribution is 6.12. The molecule has 4 nitrogen and oxygen atoms in total. The van der Waals surface area contributed by atoms with Gasteiger partial charge in [0.1, 0.15) is 5.56 Å². The molecular weight excluding hydrogens is 821 g/mol. The number of halogens is 8. The molecule has 63 heavy (non-hydrogen) atoms. The minimum absolute atomic E-state index is 0.185. The number of para-hydroxylation sites is 2. The third-order valence-electron chi connectivity index (χ3n) is 11.4. The van der Waals surface area contributed by atoms with Crippen molar-refractivity contribution in [2.45, 2.75) is 6.18 Å². The number of alkyl halides is 3. The lowest BCUT2D eigenvalue weighted by molar-refractivity contribution is -0.137. The second-order valence-electron chi connectivity index (χ2n) is 14.8. The standard InChI is InChI=1S/C51H24F8N4/c52-46-44(47(53)49(55)50(56)48(46)54)31-23-42(62-38-15-7-5-13-34(38)36-19-17-27(21-40(36)62)32-11-3-1-9-29(32)25-60)45(51(57,58)59)43(24-31)63-39-16-8-6-14-35(39)37-20-18-28(22-41(37)63)33-12-4-2-10-30(33)26-61/h1-24H. The molecule has 2 aromatic heterocycles. The van der Waals surface area contributed by atoms with Gasteiger partial charge in [-0.15, -0.1) is 0 Å². The molecule has 0 amide bonds. The fourth-order valence-corrected chi connectivity index (χ4v) is 8.72. The van der Waals surface area contributed by atoms with Crippen LogP contribution in [0.3, 0.4) is 0 Å². The van der Waals surface area contributed by atoms with Crippen molar-refractivity contribution in [1.29, 1.82) is 10.5 Å². The van der Waals surface area contributed by atoms with E-state index in [0.29, 0.717) is 43.8 Å². The summed E-state index contributed by atoms with van der Waals surface area (Å²) in [5.74, 6) is -11.5. The Hall–Kier alpha value is -8.22. The molecule has 0 aliphatic carbocycles. The first kappa shape index (κ1) is 38.9. The van der Waals surface area contributed by atoms with Crippen molar-refractivity contribution in [1.82, 2.24) is 9.13 Å². The maximum atomic E-state index is 16.4. The van der Waals surface area contributed by atoms with Crippen LogP contribution >= 0.6 is 0 Å². The van der Waals surface area contributed by atoms with Gasteiger partial charge in [0.05, 0.1) is 62.3 Å². The van der Waals surface area contributed by atoms with Gasteiger partial charge < -0.3 is 9.13 Å². The normalized spacial score (nSPS) is 11.8. The molecule has 0 bridgehead atoms. The Morgan fingerprint density at radius 3 is 1.21 bits per heavy atom. The third-order valence-corrected chi connectivity index (χ3v) is 11.4. The number of benzene rings is 8. The lowest BCUT2D eigenvalue weighted by Crippen LogP contribution is -2.16. The zero-order valence-electron chi connectivity index (χ0n) is 32.2. The maximum Gasteiger partial charge on any atom is 0.420 e. The van der Waals surface area contributed by atoms with Gasteiger partial charge in [-0.1, -0.05) is 97.1 Å². The Balaban J connectivity index is 1.41. The molecule has 8 aromatic carbocycles. The molecule has 0 atom stereocenters. The number of aromatic nitrogens is 2. The first-order valence-electron chi connectivity index (χ1n) is 19.2. The molecule has 0 radical (unpaired) electrons. The molecular formula is C51H24F8N4. The average Bonchev–Trinajstić information content (AvgIpc) is 3.81. The van der Waals surface area contributed by atoms with Gasteiger partial charge in [0.2, 0.25) is 5.82 Å². The van der Waals surface area contributed by atoms with Crippen LogP contribution in [0.5, 0.6) is 0 Å². The van der Waals surface area contributed by atoms with Crippen LogP contribution in [0.4, 0.5) is 35.1 Å². The second-order valence-corrected chi connectivity index (χ2v) is 14.8. The fraction of sp³-hybridized carbons (Fsp3) is 0.0196. The summed E-state index contributed by atoms with van der Waals surface area (Å²) in [6.45, 7) is 0. The summed E-state index contributed by atoms with van der Waals surface area (Å²) >= 11 is 0. The zero-order valence-corrected chi connectivity index (χ0v) is 32.2. The van der Waals surface area contributed by atoms with Crippen LogP contribution in [0.15, 0.2) is 146 Å². The van der Waals surface area contributed by atoms with Gasteiger partial charge >= 0.3 is 6.18 Å². The Morgan fingerprint density at radius 2 is 0.778 bits per heavy atom. The number of rotatable bonds is 5. The quantitative estimate of drug-likeness (QED) is 0.0984. The van der Waals surface area contributed by atoms with E-state index in [4.69, 9.17) is 0 Å². The Bertz CT molecular complexity index is 3430. The number of hydrogen-bond acceptors (Lipinski definition) is 2. The first-order valence-corrected chi connectivity index (χ1v) is 19.2. The van der Waals surface area contributed by atoms with Crippen molar-refractivity contribution in [2.24, 2.45) is 0 Å². The highest BCUT2D eigenvalue weighted by Crippen LogP contribution is 2.48. The van der Waals surface area contributed by atoms with E-state index in [1.54, 1.807) is 133 Å². The SMILES string of the molecule is N#Cc1ccccc1-c1ccc2c3ccccc3n(-c3cc(-c4c(F)c(F)c(F)c(F)c4F)cc(-n4c5ccccc5c5ccc(-c6ccccc6C#N)cc54)c3C(F)(F)F)c2c1. The molecule has 304 valence electrons. The van der Waals surface area contributed by atoms with E-state index in [0.717, 1.165) is 12.1 Å². The summed E-state index contributed by atoms with van der Waals surface area (Å²) in [4.78, 5) is 0. The van der Waals surface area contributed by atoms with Crippen LogP contribution in [-0.4, -0.2) is 9.13 Å². The van der Waals surface area contributed by atoms with Gasteiger partial charge in [-0.05, 0) is 76.3 Å². The molecule has 2 heterocycles. The van der Waals surface area contributed by atoms with Gasteiger partial charge in [0.25, 0.3) is 0 Å². The first-order chi connectivity index (χ1) is 30.4. The van der Waals surface area contributed by atoms with E-state index < -0.39 is 63.3 Å². The zero-order chi connectivity index (χ0) is 43.9. The van der Waals surface area contributed by atoms with E-state index in [2.05, 4.69) is 12.1 Å². The molecule has 0 aliphatic rings. The van der Waals surface area contributed by atoms with Crippen LogP contribution in [0.1, 0.15) is 16.7 Å². The fourth-order valence-electron chi connectivity index (χ4n) is 8.72. The van der Waals surface area contributed by atoms with Crippen LogP contribution < -0.4 is 0 Å². The summed E-state index contributed by atoms with van der Waals surface area (Å²) in [6.07, 6.45) is -5.25. The molecule has 0 saturated carbocycles. The number of hydrogen-bond donors (Lipinski definition) is 0. The highest BCUT2D eigenvalue weighted by Gasteiger charge is 2.40. The van der Waals surface area contributed by atoms with Crippen LogP contribution in [0, 0.1) is 51.7 Å². The van der Waals surface area contributed by atoms with E-state index >= 15 is 30.7 Å². The maximum absolute atomic E-state index is 16.4. The van der Waals surface area contributed by atoms with Gasteiger partial charge in [0, 0.05) is 21.5 Å². The van der Waals surface area contributed by atoms with Crippen molar-refractivity contribution in [3.8, 4) is 56.9 Å². The van der Waals surface area contributed by atoms with Crippen molar-refractivity contribution in [2.75, 3.05) is 0 Å². The van der Waals surface area contributed by atoms with Gasteiger partial charge in [-0.25, -0.2) is 22.0 Å². The molecule has 0 saturated heterocycles. The third kappa shape index (κ3) is 5.94. The van der Waals surface area contributed by atoms with E-state index in [-0.39, 0.29) is 33.2 Å². The highest BCUT2D eigenvalue weighted by atomic mass is 19.4. The summed E-state index contributed by atoms with van der Waals surface area (Å²) in [5, 5.41) is 21.8. The molecule has 10 rings (SSSR count). The molecule has 0 fully saturated rings. The van der Waals surface area contributed by atoms with Crippen molar-refractivity contribution >= 4 is 43.6 Å². The second kappa shape index (κ2) is 14.5. The Morgan fingerprint density at radius 1 is 0.397 bits per heavy atom. The predicted molar refractivity (Wildman–Crippen MR) is 226 cm³/mol. The van der Waals surface area contributed by atoms with Gasteiger partial charge in [0.15, 0.2) is 23.3 Å². The largest absolute Gasteiger partial charge is 0.420 e. The topological polar surface area (TPSA) is 57.4 Å². The Kier molecular flexibility index (Phi) is 8.94. The van der Waals surface area contributed by atoms with Crippen LogP contribution in [0.25, 0.3) is 88.4 Å².